The van der Waals surface area contributed by atoms with Crippen LogP contribution in [0.2, 0.25) is 0 Å². The van der Waals surface area contributed by atoms with Gasteiger partial charge in [-0.1, -0.05) is 24.3 Å². The van der Waals surface area contributed by atoms with Gasteiger partial charge in [-0.05, 0) is 49.2 Å². The molecule has 0 fully saturated rings. The first kappa shape index (κ1) is 14.6. The third kappa shape index (κ3) is 2.44. The van der Waals surface area contributed by atoms with Crippen LogP contribution >= 0.6 is 0 Å². The average Bonchev–Trinajstić information content (AvgIpc) is 2.39. The van der Waals surface area contributed by atoms with Crippen molar-refractivity contribution in [3.8, 4) is 0 Å². The highest BCUT2D eigenvalue weighted by molar-refractivity contribution is 5.32. The second kappa shape index (κ2) is 4.96. The van der Waals surface area contributed by atoms with Crippen LogP contribution in [0.1, 0.15) is 25.0 Å². The molecule has 2 aromatic carbocycles. The first-order chi connectivity index (χ1) is 9.25. The Morgan fingerprint density at radius 1 is 0.650 bits per heavy atom. The zero-order chi connectivity index (χ0) is 15.0. The fraction of sp³-hybridized carbons (Fsp3) is 0.250. The van der Waals surface area contributed by atoms with Crippen LogP contribution in [0.15, 0.2) is 48.5 Å². The Kier molecular flexibility index (Phi) is 3.63. The maximum Gasteiger partial charge on any atom is 0.123 e. The number of aliphatic hydroxyl groups is 2. The van der Waals surface area contributed by atoms with Gasteiger partial charge in [-0.25, -0.2) is 8.78 Å². The lowest BCUT2D eigenvalue weighted by Gasteiger charge is -2.39. The molecule has 2 N–H and O–H groups in total. The zero-order valence-electron chi connectivity index (χ0n) is 11.3. The van der Waals surface area contributed by atoms with Gasteiger partial charge in [0.1, 0.15) is 22.8 Å². The monoisotopic (exact) mass is 278 g/mol. The summed E-state index contributed by atoms with van der Waals surface area (Å²) in [5.41, 5.74) is -2.57. The molecule has 0 spiro atoms. The van der Waals surface area contributed by atoms with E-state index in [-0.39, 0.29) is 0 Å². The van der Waals surface area contributed by atoms with Crippen molar-refractivity contribution < 1.29 is 19.0 Å². The van der Waals surface area contributed by atoms with E-state index >= 15 is 0 Å². The summed E-state index contributed by atoms with van der Waals surface area (Å²) < 4.78 is 25.9. The van der Waals surface area contributed by atoms with Crippen LogP contribution in [-0.4, -0.2) is 10.2 Å². The van der Waals surface area contributed by atoms with Crippen molar-refractivity contribution in [3.05, 3.63) is 71.3 Å². The Morgan fingerprint density at radius 2 is 0.900 bits per heavy atom. The van der Waals surface area contributed by atoms with E-state index < -0.39 is 22.8 Å². The molecule has 2 aromatic rings. The molecule has 0 heterocycles. The predicted molar refractivity (Wildman–Crippen MR) is 71.9 cm³/mol. The third-order valence-corrected chi connectivity index (χ3v) is 3.76. The first-order valence-corrected chi connectivity index (χ1v) is 6.22. The van der Waals surface area contributed by atoms with Crippen molar-refractivity contribution in [2.45, 2.75) is 25.0 Å². The molecule has 0 aromatic heterocycles. The standard InChI is InChI=1S/C16H16F2O2/c1-15(19,11-3-7-13(17)8-4-11)16(2,20)12-5-9-14(18)10-6-12/h3-10,19-20H,1-2H3. The van der Waals surface area contributed by atoms with Crippen LogP contribution in [0.25, 0.3) is 0 Å². The molecule has 0 saturated heterocycles. The van der Waals surface area contributed by atoms with Gasteiger partial charge >= 0.3 is 0 Å². The summed E-state index contributed by atoms with van der Waals surface area (Å²) in [6.45, 7) is 2.87. The van der Waals surface area contributed by atoms with E-state index in [4.69, 9.17) is 0 Å². The van der Waals surface area contributed by atoms with Crippen molar-refractivity contribution in [1.29, 1.82) is 0 Å². The normalized spacial score (nSPS) is 17.3. The maximum atomic E-state index is 13.0. The van der Waals surface area contributed by atoms with Gasteiger partial charge in [0.05, 0.1) is 0 Å². The van der Waals surface area contributed by atoms with Crippen LogP contribution in [0.4, 0.5) is 8.78 Å². The Bertz CT molecular complexity index is 531. The van der Waals surface area contributed by atoms with Crippen molar-refractivity contribution in [2.24, 2.45) is 0 Å². The summed E-state index contributed by atoms with van der Waals surface area (Å²) in [4.78, 5) is 0. The highest BCUT2D eigenvalue weighted by atomic mass is 19.1. The van der Waals surface area contributed by atoms with E-state index in [9.17, 15) is 19.0 Å². The van der Waals surface area contributed by atoms with Gasteiger partial charge in [-0.2, -0.15) is 0 Å². The molecule has 2 unspecified atom stereocenters. The van der Waals surface area contributed by atoms with Crippen molar-refractivity contribution in [3.63, 3.8) is 0 Å². The molecule has 0 aliphatic rings. The topological polar surface area (TPSA) is 40.5 Å². The summed E-state index contributed by atoms with van der Waals surface area (Å²) in [6, 6.07) is 10.5. The van der Waals surface area contributed by atoms with E-state index in [1.54, 1.807) is 0 Å². The second-order valence-electron chi connectivity index (χ2n) is 5.16. The smallest absolute Gasteiger partial charge is 0.123 e. The molecule has 0 bridgehead atoms. The largest absolute Gasteiger partial charge is 0.382 e. The lowest BCUT2D eigenvalue weighted by molar-refractivity contribution is -0.143. The highest BCUT2D eigenvalue weighted by Crippen LogP contribution is 2.40. The minimum atomic E-state index is -1.65. The number of rotatable bonds is 3. The van der Waals surface area contributed by atoms with Crippen molar-refractivity contribution in [1.82, 2.24) is 0 Å². The minimum absolute atomic E-state index is 0.369. The quantitative estimate of drug-likeness (QED) is 0.905. The lowest BCUT2D eigenvalue weighted by atomic mass is 9.76. The Balaban J connectivity index is 2.45. The SMILES string of the molecule is CC(O)(c1ccc(F)cc1)C(C)(O)c1ccc(F)cc1. The average molecular weight is 278 g/mol. The van der Waals surface area contributed by atoms with Gasteiger partial charge in [0.2, 0.25) is 0 Å². The summed E-state index contributed by atoms with van der Waals surface area (Å²) in [5.74, 6) is -0.850. The molecule has 0 saturated carbocycles. The molecule has 20 heavy (non-hydrogen) atoms. The lowest BCUT2D eigenvalue weighted by Crippen LogP contribution is -2.45. The Labute approximate surface area is 116 Å². The van der Waals surface area contributed by atoms with Crippen LogP contribution < -0.4 is 0 Å². The van der Waals surface area contributed by atoms with Crippen LogP contribution in [-0.2, 0) is 11.2 Å². The second-order valence-corrected chi connectivity index (χ2v) is 5.16. The molecule has 0 aliphatic carbocycles. The Hall–Kier alpha value is -1.78. The molecule has 2 rings (SSSR count). The van der Waals surface area contributed by atoms with Gasteiger partial charge in [0.15, 0.2) is 0 Å². The van der Waals surface area contributed by atoms with Crippen LogP contribution in [0, 0.1) is 11.6 Å². The molecule has 0 radical (unpaired) electrons. The molecular weight excluding hydrogens is 262 g/mol. The van der Waals surface area contributed by atoms with E-state index in [0.717, 1.165) is 0 Å². The number of hydrogen-bond acceptors (Lipinski definition) is 2. The van der Waals surface area contributed by atoms with Gasteiger partial charge in [0, 0.05) is 0 Å². The van der Waals surface area contributed by atoms with E-state index in [2.05, 4.69) is 0 Å². The minimum Gasteiger partial charge on any atom is -0.382 e. The molecule has 0 amide bonds. The summed E-state index contributed by atoms with van der Waals surface area (Å²) in [7, 11) is 0. The van der Waals surface area contributed by atoms with Crippen molar-refractivity contribution in [2.75, 3.05) is 0 Å². The predicted octanol–water partition coefficient (Wildman–Crippen LogP) is 3.08. The first-order valence-electron chi connectivity index (χ1n) is 6.22. The van der Waals surface area contributed by atoms with Gasteiger partial charge < -0.3 is 10.2 Å². The molecule has 0 aliphatic heterocycles. The molecule has 2 atom stereocenters. The molecule has 2 nitrogen and oxygen atoms in total. The number of hydrogen-bond donors (Lipinski definition) is 2. The number of benzene rings is 2. The van der Waals surface area contributed by atoms with E-state index in [1.807, 2.05) is 0 Å². The highest BCUT2D eigenvalue weighted by Gasteiger charge is 2.44. The summed E-state index contributed by atoms with van der Waals surface area (Å²) >= 11 is 0. The van der Waals surface area contributed by atoms with Crippen LogP contribution in [0.3, 0.4) is 0 Å². The fourth-order valence-electron chi connectivity index (χ4n) is 2.11. The summed E-state index contributed by atoms with van der Waals surface area (Å²) in [6.07, 6.45) is 0. The maximum absolute atomic E-state index is 13.0. The number of halogens is 2. The zero-order valence-corrected chi connectivity index (χ0v) is 11.3. The fourth-order valence-corrected chi connectivity index (χ4v) is 2.11. The summed E-state index contributed by atoms with van der Waals surface area (Å²) in [5, 5.41) is 21.3. The molecular formula is C16H16F2O2. The Morgan fingerprint density at radius 3 is 1.15 bits per heavy atom. The third-order valence-electron chi connectivity index (χ3n) is 3.76. The van der Waals surface area contributed by atoms with E-state index in [0.29, 0.717) is 11.1 Å². The molecule has 4 heteroatoms. The van der Waals surface area contributed by atoms with Gasteiger partial charge in [0.25, 0.3) is 0 Å². The molecule has 106 valence electrons. The van der Waals surface area contributed by atoms with Gasteiger partial charge in [-0.3, -0.25) is 0 Å². The van der Waals surface area contributed by atoms with E-state index in [1.165, 1.54) is 62.4 Å². The van der Waals surface area contributed by atoms with Crippen molar-refractivity contribution >= 4 is 0 Å². The van der Waals surface area contributed by atoms with Gasteiger partial charge in [-0.15, -0.1) is 0 Å². The van der Waals surface area contributed by atoms with Crippen LogP contribution in [0.5, 0.6) is 0 Å².